The van der Waals surface area contributed by atoms with Gasteiger partial charge in [0.25, 0.3) is 5.91 Å². The maximum absolute atomic E-state index is 12.4. The summed E-state index contributed by atoms with van der Waals surface area (Å²) >= 11 is 0. The van der Waals surface area contributed by atoms with Gasteiger partial charge in [-0.2, -0.15) is 0 Å². The average Bonchev–Trinajstić information content (AvgIpc) is 2.66. The van der Waals surface area contributed by atoms with Crippen LogP contribution in [0.15, 0.2) is 66.7 Å². The van der Waals surface area contributed by atoms with Crippen molar-refractivity contribution < 1.29 is 9.59 Å². The van der Waals surface area contributed by atoms with Gasteiger partial charge in [-0.25, -0.2) is 0 Å². The minimum atomic E-state index is -0.104. The number of benzene rings is 3. The van der Waals surface area contributed by atoms with Crippen molar-refractivity contribution in [2.45, 2.75) is 20.4 Å². The summed E-state index contributed by atoms with van der Waals surface area (Å²) in [5.74, 6) is -0.175. The van der Waals surface area contributed by atoms with Crippen molar-refractivity contribution in [1.82, 2.24) is 5.32 Å². The van der Waals surface area contributed by atoms with Crippen LogP contribution < -0.4 is 10.6 Å². The summed E-state index contributed by atoms with van der Waals surface area (Å²) in [5, 5.41) is 7.94. The van der Waals surface area contributed by atoms with Gasteiger partial charge in [-0.1, -0.05) is 56.3 Å². The molecule has 0 aliphatic rings. The zero-order valence-corrected chi connectivity index (χ0v) is 15.0. The van der Waals surface area contributed by atoms with Crippen LogP contribution in [0, 0.1) is 5.92 Å². The lowest BCUT2D eigenvalue weighted by Gasteiger charge is -2.09. The Labute approximate surface area is 153 Å². The molecule has 0 saturated heterocycles. The predicted molar refractivity (Wildman–Crippen MR) is 105 cm³/mol. The van der Waals surface area contributed by atoms with Crippen LogP contribution in [0.5, 0.6) is 0 Å². The summed E-state index contributed by atoms with van der Waals surface area (Å²) in [6, 6.07) is 21.1. The number of hydrogen-bond acceptors (Lipinski definition) is 2. The van der Waals surface area contributed by atoms with Crippen molar-refractivity contribution in [2.24, 2.45) is 5.92 Å². The standard InChI is InChI=1S/C22H22N2O2/c1-15(2)21(25)24-20-11-7-16(8-12-20)14-23-22(26)19-10-9-17-5-3-4-6-18(17)13-19/h3-13,15H,14H2,1-2H3,(H,23,26)(H,24,25). The van der Waals surface area contributed by atoms with Crippen LogP contribution in [0.3, 0.4) is 0 Å². The van der Waals surface area contributed by atoms with E-state index >= 15 is 0 Å². The molecule has 26 heavy (non-hydrogen) atoms. The first-order valence-electron chi connectivity index (χ1n) is 8.70. The predicted octanol–water partition coefficient (Wildman–Crippen LogP) is 4.36. The Kier molecular flexibility index (Phi) is 5.32. The third kappa shape index (κ3) is 4.28. The Bertz CT molecular complexity index is 930. The number of amides is 2. The van der Waals surface area contributed by atoms with E-state index in [0.717, 1.165) is 22.0 Å². The molecule has 3 aromatic carbocycles. The Morgan fingerprint density at radius 2 is 1.58 bits per heavy atom. The summed E-state index contributed by atoms with van der Waals surface area (Å²) in [5.41, 5.74) is 2.37. The van der Waals surface area contributed by atoms with Crippen molar-refractivity contribution in [3.63, 3.8) is 0 Å². The zero-order chi connectivity index (χ0) is 18.5. The Morgan fingerprint density at radius 1 is 0.885 bits per heavy atom. The van der Waals surface area contributed by atoms with Gasteiger partial charge in [0, 0.05) is 23.7 Å². The summed E-state index contributed by atoms with van der Waals surface area (Å²) < 4.78 is 0. The van der Waals surface area contributed by atoms with Gasteiger partial charge < -0.3 is 10.6 Å². The number of anilines is 1. The molecule has 0 fully saturated rings. The number of hydrogen-bond donors (Lipinski definition) is 2. The quantitative estimate of drug-likeness (QED) is 0.721. The molecule has 2 N–H and O–H groups in total. The number of carbonyl (C=O) groups excluding carboxylic acids is 2. The van der Waals surface area contributed by atoms with Crippen LogP contribution in [0.2, 0.25) is 0 Å². The third-order valence-corrected chi connectivity index (χ3v) is 4.21. The number of nitrogens with one attached hydrogen (secondary N) is 2. The number of rotatable bonds is 5. The van der Waals surface area contributed by atoms with Gasteiger partial charge >= 0.3 is 0 Å². The van der Waals surface area contributed by atoms with Crippen molar-refractivity contribution >= 4 is 28.3 Å². The highest BCUT2D eigenvalue weighted by Gasteiger charge is 2.08. The molecule has 3 rings (SSSR count). The Hall–Kier alpha value is -3.14. The second kappa shape index (κ2) is 7.83. The van der Waals surface area contributed by atoms with Crippen LogP contribution >= 0.6 is 0 Å². The highest BCUT2D eigenvalue weighted by molar-refractivity contribution is 5.98. The van der Waals surface area contributed by atoms with Gasteiger partial charge in [0.15, 0.2) is 0 Å². The monoisotopic (exact) mass is 346 g/mol. The molecule has 0 atom stereocenters. The minimum absolute atomic E-state index is 0.0117. The summed E-state index contributed by atoms with van der Waals surface area (Å²) in [6.45, 7) is 4.14. The highest BCUT2D eigenvalue weighted by Crippen LogP contribution is 2.16. The van der Waals surface area contributed by atoms with E-state index in [1.165, 1.54) is 0 Å². The number of fused-ring (bicyclic) bond motifs is 1. The van der Waals surface area contributed by atoms with Gasteiger partial charge in [-0.05, 0) is 40.6 Å². The molecule has 0 bridgehead atoms. The molecule has 0 heterocycles. The molecule has 0 aromatic heterocycles. The first kappa shape index (κ1) is 17.7. The molecular weight excluding hydrogens is 324 g/mol. The van der Waals surface area contributed by atoms with Crippen LogP contribution in [0.25, 0.3) is 10.8 Å². The van der Waals surface area contributed by atoms with E-state index in [0.29, 0.717) is 12.1 Å². The normalized spacial score (nSPS) is 10.7. The molecule has 4 heteroatoms. The first-order chi connectivity index (χ1) is 12.5. The topological polar surface area (TPSA) is 58.2 Å². The fourth-order valence-electron chi connectivity index (χ4n) is 2.61. The molecule has 0 radical (unpaired) electrons. The summed E-state index contributed by atoms with van der Waals surface area (Å²) in [7, 11) is 0. The lowest BCUT2D eigenvalue weighted by molar-refractivity contribution is -0.118. The molecule has 0 aliphatic heterocycles. The lowest BCUT2D eigenvalue weighted by Crippen LogP contribution is -2.22. The third-order valence-electron chi connectivity index (χ3n) is 4.21. The molecule has 4 nitrogen and oxygen atoms in total. The highest BCUT2D eigenvalue weighted by atomic mass is 16.2. The van der Waals surface area contributed by atoms with Crippen molar-refractivity contribution in [3.05, 3.63) is 77.9 Å². The minimum Gasteiger partial charge on any atom is -0.348 e. The number of carbonyl (C=O) groups is 2. The first-order valence-corrected chi connectivity index (χ1v) is 8.70. The van der Waals surface area contributed by atoms with Gasteiger partial charge in [-0.3, -0.25) is 9.59 Å². The van der Waals surface area contributed by atoms with E-state index in [1.54, 1.807) is 0 Å². The molecule has 132 valence electrons. The Morgan fingerprint density at radius 3 is 2.27 bits per heavy atom. The van der Waals surface area contributed by atoms with Gasteiger partial charge in [0.05, 0.1) is 0 Å². The fourth-order valence-corrected chi connectivity index (χ4v) is 2.61. The largest absolute Gasteiger partial charge is 0.348 e. The molecule has 0 saturated carbocycles. The van der Waals surface area contributed by atoms with E-state index < -0.39 is 0 Å². The van der Waals surface area contributed by atoms with Crippen molar-refractivity contribution in [1.29, 1.82) is 0 Å². The molecule has 0 aliphatic carbocycles. The summed E-state index contributed by atoms with van der Waals surface area (Å²) in [6.07, 6.45) is 0. The lowest BCUT2D eigenvalue weighted by atomic mass is 10.1. The van der Waals surface area contributed by atoms with E-state index in [1.807, 2.05) is 80.6 Å². The second-order valence-corrected chi connectivity index (χ2v) is 6.59. The van der Waals surface area contributed by atoms with Gasteiger partial charge in [-0.15, -0.1) is 0 Å². The van der Waals surface area contributed by atoms with E-state index in [-0.39, 0.29) is 17.7 Å². The van der Waals surface area contributed by atoms with Crippen LogP contribution in [0.1, 0.15) is 29.8 Å². The zero-order valence-electron chi connectivity index (χ0n) is 15.0. The van der Waals surface area contributed by atoms with Crippen LogP contribution in [0.4, 0.5) is 5.69 Å². The second-order valence-electron chi connectivity index (χ2n) is 6.59. The maximum atomic E-state index is 12.4. The van der Waals surface area contributed by atoms with Crippen LogP contribution in [-0.2, 0) is 11.3 Å². The summed E-state index contributed by atoms with van der Waals surface area (Å²) in [4.78, 5) is 24.1. The van der Waals surface area contributed by atoms with E-state index in [2.05, 4.69) is 10.6 Å². The van der Waals surface area contributed by atoms with Crippen LogP contribution in [-0.4, -0.2) is 11.8 Å². The molecule has 0 spiro atoms. The van der Waals surface area contributed by atoms with E-state index in [9.17, 15) is 9.59 Å². The van der Waals surface area contributed by atoms with Crippen molar-refractivity contribution in [2.75, 3.05) is 5.32 Å². The van der Waals surface area contributed by atoms with E-state index in [4.69, 9.17) is 0 Å². The smallest absolute Gasteiger partial charge is 0.251 e. The molecule has 0 unspecified atom stereocenters. The van der Waals surface area contributed by atoms with Gasteiger partial charge in [0.2, 0.25) is 5.91 Å². The maximum Gasteiger partial charge on any atom is 0.251 e. The molecular formula is C22H22N2O2. The fraction of sp³-hybridized carbons (Fsp3) is 0.182. The van der Waals surface area contributed by atoms with Gasteiger partial charge in [0.1, 0.15) is 0 Å². The Balaban J connectivity index is 1.60. The molecule has 2 amide bonds. The SMILES string of the molecule is CC(C)C(=O)Nc1ccc(CNC(=O)c2ccc3ccccc3c2)cc1. The molecule has 3 aromatic rings. The average molecular weight is 346 g/mol. The van der Waals surface area contributed by atoms with Crippen molar-refractivity contribution in [3.8, 4) is 0 Å².